The van der Waals surface area contributed by atoms with Crippen molar-refractivity contribution >= 4 is 5.91 Å². The molecule has 0 aliphatic heterocycles. The van der Waals surface area contributed by atoms with Crippen LogP contribution in [0.3, 0.4) is 0 Å². The molecule has 3 rings (SSSR count). The molecule has 3 aromatic carbocycles. The highest BCUT2D eigenvalue weighted by Gasteiger charge is 2.38. The predicted molar refractivity (Wildman–Crippen MR) is 175 cm³/mol. The molecule has 0 saturated carbocycles. The van der Waals surface area contributed by atoms with Crippen molar-refractivity contribution < 1.29 is 34.1 Å². The van der Waals surface area contributed by atoms with Crippen molar-refractivity contribution in [3.63, 3.8) is 0 Å². The van der Waals surface area contributed by atoms with Gasteiger partial charge in [0.2, 0.25) is 0 Å². The Hall–Kier alpha value is -3.37. The van der Waals surface area contributed by atoms with Gasteiger partial charge in [-0.1, -0.05) is 117 Å². The first-order chi connectivity index (χ1) is 21.7. The van der Waals surface area contributed by atoms with Crippen LogP contribution in [0.5, 0.6) is 0 Å². The molecule has 244 valence electrons. The lowest BCUT2D eigenvalue weighted by Gasteiger charge is -2.37. The Morgan fingerprint density at radius 2 is 1.27 bits per heavy atom. The van der Waals surface area contributed by atoms with Crippen LogP contribution < -0.4 is 0 Å². The average molecular weight is 620 g/mol. The maximum Gasteiger partial charge on any atom is 0.251 e. The molecular weight excluding hydrogens is 570 g/mol. The number of aliphatic hydroxyl groups is 2. The number of hydroxylamine groups is 2. The number of carbonyl (C=O) groups is 1. The molecular formula is C37H49NO7. The minimum Gasteiger partial charge on any atom is -0.392 e. The Morgan fingerprint density at radius 1 is 0.778 bits per heavy atom. The molecule has 0 bridgehead atoms. The van der Waals surface area contributed by atoms with E-state index < -0.39 is 23.7 Å². The van der Waals surface area contributed by atoms with Gasteiger partial charge >= 0.3 is 0 Å². The predicted octanol–water partition coefficient (Wildman–Crippen LogP) is 5.38. The summed E-state index contributed by atoms with van der Waals surface area (Å²) in [6.45, 7) is 3.91. The molecule has 8 heteroatoms. The standard InChI is InChI=1S/C37H49NO7/c1-27(22-23-32(39)24-34(40)28(2)36(41)38(3)44-6)35(43-5)25-33(42-4)26-45-37(29-16-10-7-11-17-29,30-18-12-8-13-19-30)31-20-14-9-15-21-31/h7-23,27-28,32-35,39-40H,24-26H2,1-6H3/b23-22+/t27-,28+,32+,33+,34-,35-/m0/s1. The summed E-state index contributed by atoms with van der Waals surface area (Å²) in [5, 5.41) is 22.2. The zero-order valence-corrected chi connectivity index (χ0v) is 27.3. The van der Waals surface area contributed by atoms with Crippen LogP contribution in [-0.4, -0.2) is 80.6 Å². The minimum atomic E-state index is -1.03. The fourth-order valence-electron chi connectivity index (χ4n) is 5.50. The summed E-state index contributed by atoms with van der Waals surface area (Å²) in [5.41, 5.74) is 2.17. The van der Waals surface area contributed by atoms with Gasteiger partial charge in [0, 0.05) is 40.0 Å². The van der Waals surface area contributed by atoms with Gasteiger partial charge in [0.25, 0.3) is 5.91 Å². The van der Waals surface area contributed by atoms with Gasteiger partial charge < -0.3 is 24.4 Å². The summed E-state index contributed by atoms with van der Waals surface area (Å²) in [6, 6.07) is 30.6. The molecule has 1 amide bonds. The van der Waals surface area contributed by atoms with Crippen LogP contribution in [0, 0.1) is 11.8 Å². The van der Waals surface area contributed by atoms with Gasteiger partial charge in [0.1, 0.15) is 5.60 Å². The van der Waals surface area contributed by atoms with Crippen LogP contribution in [0.2, 0.25) is 0 Å². The second-order valence-corrected chi connectivity index (χ2v) is 11.4. The van der Waals surface area contributed by atoms with Gasteiger partial charge in [0.15, 0.2) is 0 Å². The Balaban J connectivity index is 1.75. The number of nitrogens with zero attached hydrogens (tertiary/aromatic N) is 1. The molecule has 0 aliphatic rings. The highest BCUT2D eigenvalue weighted by atomic mass is 16.7. The van der Waals surface area contributed by atoms with E-state index in [2.05, 4.69) is 36.4 Å². The van der Waals surface area contributed by atoms with Gasteiger partial charge in [-0.25, -0.2) is 5.06 Å². The number of carbonyl (C=O) groups excluding carboxylic acids is 1. The molecule has 3 aromatic rings. The van der Waals surface area contributed by atoms with Crippen LogP contribution >= 0.6 is 0 Å². The topological polar surface area (TPSA) is 97.7 Å². The van der Waals surface area contributed by atoms with Crippen LogP contribution in [0.1, 0.15) is 43.4 Å². The van der Waals surface area contributed by atoms with E-state index >= 15 is 0 Å². The maximum atomic E-state index is 12.3. The molecule has 6 atom stereocenters. The van der Waals surface area contributed by atoms with Crippen molar-refractivity contribution in [2.45, 2.75) is 56.7 Å². The third-order valence-corrected chi connectivity index (χ3v) is 8.42. The number of hydrogen-bond donors (Lipinski definition) is 2. The van der Waals surface area contributed by atoms with Gasteiger partial charge in [-0.3, -0.25) is 9.63 Å². The fraction of sp³-hybridized carbons (Fsp3) is 0.432. The molecule has 0 saturated heterocycles. The summed E-state index contributed by atoms with van der Waals surface area (Å²) < 4.78 is 18.8. The monoisotopic (exact) mass is 619 g/mol. The molecule has 0 aliphatic carbocycles. The van der Waals surface area contributed by atoms with Gasteiger partial charge in [-0.2, -0.15) is 0 Å². The summed E-state index contributed by atoms with van der Waals surface area (Å²) in [7, 11) is 6.20. The highest BCUT2D eigenvalue weighted by molar-refractivity contribution is 5.77. The number of rotatable bonds is 18. The number of ether oxygens (including phenoxy) is 3. The van der Waals surface area contributed by atoms with Crippen molar-refractivity contribution in [3.8, 4) is 0 Å². The second kappa shape index (κ2) is 17.9. The summed E-state index contributed by atoms with van der Waals surface area (Å²) in [5.74, 6) is -1.17. The van der Waals surface area contributed by atoms with Crippen molar-refractivity contribution in [1.29, 1.82) is 0 Å². The smallest absolute Gasteiger partial charge is 0.251 e. The number of aliphatic hydroxyl groups excluding tert-OH is 2. The minimum absolute atomic E-state index is 0.0143. The van der Waals surface area contributed by atoms with Crippen LogP contribution in [0.4, 0.5) is 0 Å². The van der Waals surface area contributed by atoms with E-state index in [1.807, 2.05) is 67.6 Å². The zero-order chi connectivity index (χ0) is 32.8. The Labute approximate surface area is 268 Å². The molecule has 0 fully saturated rings. The molecule has 8 nitrogen and oxygen atoms in total. The highest BCUT2D eigenvalue weighted by Crippen LogP contribution is 2.40. The first kappa shape index (κ1) is 36.1. The van der Waals surface area contributed by atoms with Gasteiger partial charge in [-0.05, 0) is 16.7 Å². The number of hydrogen-bond acceptors (Lipinski definition) is 7. The lowest BCUT2D eigenvalue weighted by Crippen LogP contribution is -2.38. The van der Waals surface area contributed by atoms with E-state index in [0.29, 0.717) is 13.0 Å². The molecule has 45 heavy (non-hydrogen) atoms. The third-order valence-electron chi connectivity index (χ3n) is 8.42. The van der Waals surface area contributed by atoms with Crippen LogP contribution in [0.25, 0.3) is 0 Å². The lowest BCUT2D eigenvalue weighted by molar-refractivity contribution is -0.176. The van der Waals surface area contributed by atoms with Crippen molar-refractivity contribution in [3.05, 3.63) is 120 Å². The third kappa shape index (κ3) is 9.56. The van der Waals surface area contributed by atoms with E-state index in [0.717, 1.165) is 21.8 Å². The van der Waals surface area contributed by atoms with Crippen molar-refractivity contribution in [2.75, 3.05) is 35.0 Å². The molecule has 2 N–H and O–H groups in total. The summed E-state index contributed by atoms with van der Waals surface area (Å²) in [4.78, 5) is 17.2. The number of benzene rings is 3. The van der Waals surface area contributed by atoms with Crippen LogP contribution in [0.15, 0.2) is 103 Å². The molecule has 0 unspecified atom stereocenters. The zero-order valence-electron chi connectivity index (χ0n) is 27.3. The Morgan fingerprint density at radius 3 is 1.69 bits per heavy atom. The summed E-state index contributed by atoms with van der Waals surface area (Å²) >= 11 is 0. The molecule has 0 spiro atoms. The lowest BCUT2D eigenvalue weighted by atomic mass is 9.80. The number of methoxy groups -OCH3 is 2. The van der Waals surface area contributed by atoms with E-state index in [1.165, 1.54) is 14.2 Å². The average Bonchev–Trinajstić information content (AvgIpc) is 3.09. The Bertz CT molecular complexity index is 1190. The normalized spacial score (nSPS) is 16.1. The summed E-state index contributed by atoms with van der Waals surface area (Å²) in [6.07, 6.45) is 1.57. The fourth-order valence-corrected chi connectivity index (χ4v) is 5.50. The van der Waals surface area contributed by atoms with Crippen molar-refractivity contribution in [2.24, 2.45) is 11.8 Å². The van der Waals surface area contributed by atoms with Gasteiger partial charge in [-0.15, -0.1) is 0 Å². The van der Waals surface area contributed by atoms with E-state index in [1.54, 1.807) is 27.2 Å². The van der Waals surface area contributed by atoms with Gasteiger partial charge in [0.05, 0.1) is 44.1 Å². The number of amides is 1. The SMILES string of the molecule is CO[C@@H](COC(c1ccccc1)(c1ccccc1)c1ccccc1)C[C@H](OC)[C@@H](C)/C=C/[C@@H](O)C[C@H](O)[C@@H](C)C(=O)N(C)OC. The first-order valence-electron chi connectivity index (χ1n) is 15.4. The van der Waals surface area contributed by atoms with E-state index in [-0.39, 0.29) is 30.5 Å². The largest absolute Gasteiger partial charge is 0.392 e. The van der Waals surface area contributed by atoms with E-state index in [4.69, 9.17) is 19.0 Å². The molecule has 0 aromatic heterocycles. The quantitative estimate of drug-likeness (QED) is 0.112. The second-order valence-electron chi connectivity index (χ2n) is 11.4. The van der Waals surface area contributed by atoms with E-state index in [9.17, 15) is 15.0 Å². The molecule has 0 radical (unpaired) electrons. The van der Waals surface area contributed by atoms with Crippen molar-refractivity contribution in [1.82, 2.24) is 5.06 Å². The van der Waals surface area contributed by atoms with Crippen LogP contribution in [-0.2, 0) is 29.4 Å². The maximum absolute atomic E-state index is 12.3. The Kier molecular flexibility index (Phi) is 14.4. The first-order valence-corrected chi connectivity index (χ1v) is 15.4. The molecule has 0 heterocycles.